The fourth-order valence-corrected chi connectivity index (χ4v) is 3.76. The second kappa shape index (κ2) is 12.3. The van der Waals surface area contributed by atoms with Crippen molar-refractivity contribution in [3.8, 4) is 23.0 Å². The Morgan fingerprint density at radius 3 is 2.00 bits per heavy atom. The lowest BCUT2D eigenvalue weighted by molar-refractivity contribution is -0.125. The maximum Gasteiger partial charge on any atom is 0.160 e. The lowest BCUT2D eigenvalue weighted by Crippen LogP contribution is -2.23. The number of carbonyl (C=O) groups is 1. The number of aryl methyl sites for hydroxylation is 1. The molecule has 0 spiro atoms. The Bertz CT molecular complexity index is 877. The molecule has 0 aliphatic carbocycles. The molecular formula is C26H36O6. The highest BCUT2D eigenvalue weighted by Crippen LogP contribution is 2.30. The van der Waals surface area contributed by atoms with E-state index in [9.17, 15) is 20.1 Å². The third-order valence-electron chi connectivity index (χ3n) is 5.72. The van der Waals surface area contributed by atoms with Gasteiger partial charge in [-0.1, -0.05) is 32.4 Å². The van der Waals surface area contributed by atoms with Crippen molar-refractivity contribution in [2.24, 2.45) is 11.8 Å². The summed E-state index contributed by atoms with van der Waals surface area (Å²) >= 11 is 0. The molecule has 0 saturated carbocycles. The molecule has 2 atom stereocenters. The van der Waals surface area contributed by atoms with Gasteiger partial charge in [-0.2, -0.15) is 0 Å². The van der Waals surface area contributed by atoms with Gasteiger partial charge in [-0.05, 0) is 67.0 Å². The van der Waals surface area contributed by atoms with Crippen molar-refractivity contribution in [1.82, 2.24) is 0 Å². The minimum absolute atomic E-state index is 0.0495. The van der Waals surface area contributed by atoms with Crippen LogP contribution in [0.25, 0.3) is 0 Å². The third kappa shape index (κ3) is 7.75. The van der Waals surface area contributed by atoms with Crippen molar-refractivity contribution < 1.29 is 29.6 Å². The number of Topliss-reactive ketones (excluding diaryl/α,β-unsaturated/α-hetero) is 1. The Hall–Kier alpha value is -2.73. The monoisotopic (exact) mass is 444 g/mol. The number of aromatic hydroxyl groups is 2. The average molecular weight is 445 g/mol. The van der Waals surface area contributed by atoms with E-state index in [1.807, 2.05) is 6.07 Å². The maximum absolute atomic E-state index is 13.1. The summed E-state index contributed by atoms with van der Waals surface area (Å²) in [7, 11) is 2.99. The molecule has 0 heterocycles. The molecule has 2 rings (SSSR count). The van der Waals surface area contributed by atoms with Crippen LogP contribution >= 0.6 is 0 Å². The fourth-order valence-electron chi connectivity index (χ4n) is 3.76. The lowest BCUT2D eigenvalue weighted by atomic mass is 9.86. The molecule has 176 valence electrons. The Labute approximate surface area is 190 Å². The standard InChI is InChI=1S/C26H36O6/c1-17(2)5-9-20(13-19-8-12-23(29)26(15-19)32-4)24(30)16-21(27)10-6-18-7-11-22(28)25(14-18)31-3/h7-8,11-12,14-15,17,20-21,27-29H,5-6,9-10,13,16H2,1-4H3. The van der Waals surface area contributed by atoms with Crippen molar-refractivity contribution in [3.05, 3.63) is 47.5 Å². The molecule has 0 radical (unpaired) electrons. The highest BCUT2D eigenvalue weighted by Gasteiger charge is 2.22. The molecule has 2 unspecified atom stereocenters. The van der Waals surface area contributed by atoms with Crippen LogP contribution in [-0.4, -0.2) is 41.4 Å². The molecule has 6 nitrogen and oxygen atoms in total. The number of aliphatic hydroxyl groups excluding tert-OH is 1. The van der Waals surface area contributed by atoms with Crippen molar-refractivity contribution >= 4 is 5.78 Å². The Morgan fingerprint density at radius 1 is 0.875 bits per heavy atom. The van der Waals surface area contributed by atoms with Gasteiger partial charge in [0, 0.05) is 12.3 Å². The molecule has 0 fully saturated rings. The number of hydrogen-bond donors (Lipinski definition) is 3. The zero-order valence-corrected chi connectivity index (χ0v) is 19.5. The Kier molecular flexibility index (Phi) is 9.85. The van der Waals surface area contributed by atoms with Gasteiger partial charge in [-0.25, -0.2) is 0 Å². The summed E-state index contributed by atoms with van der Waals surface area (Å²) in [4.78, 5) is 13.1. The van der Waals surface area contributed by atoms with Crippen molar-refractivity contribution in [1.29, 1.82) is 0 Å². The number of ether oxygens (including phenoxy) is 2. The lowest BCUT2D eigenvalue weighted by Gasteiger charge is -2.20. The van der Waals surface area contributed by atoms with Crippen LogP contribution in [0.2, 0.25) is 0 Å². The fraction of sp³-hybridized carbons (Fsp3) is 0.500. The molecule has 0 aliphatic rings. The third-order valence-corrected chi connectivity index (χ3v) is 5.72. The van der Waals surface area contributed by atoms with Crippen molar-refractivity contribution in [3.63, 3.8) is 0 Å². The van der Waals surface area contributed by atoms with Gasteiger partial charge in [0.1, 0.15) is 5.78 Å². The van der Waals surface area contributed by atoms with E-state index in [1.54, 1.807) is 30.3 Å². The predicted octanol–water partition coefficient (Wildman–Crippen LogP) is 4.66. The molecule has 0 aromatic heterocycles. The van der Waals surface area contributed by atoms with Gasteiger partial charge >= 0.3 is 0 Å². The number of aliphatic hydroxyl groups is 1. The summed E-state index contributed by atoms with van der Waals surface area (Å²) < 4.78 is 10.3. The minimum atomic E-state index is -0.738. The normalized spacial score (nSPS) is 13.1. The highest BCUT2D eigenvalue weighted by atomic mass is 16.5. The van der Waals surface area contributed by atoms with Gasteiger partial charge in [0.15, 0.2) is 23.0 Å². The van der Waals surface area contributed by atoms with E-state index in [4.69, 9.17) is 9.47 Å². The maximum atomic E-state index is 13.1. The van der Waals surface area contributed by atoms with E-state index in [1.165, 1.54) is 14.2 Å². The topological polar surface area (TPSA) is 96.2 Å². The van der Waals surface area contributed by atoms with Gasteiger partial charge in [0.25, 0.3) is 0 Å². The van der Waals surface area contributed by atoms with Crippen LogP contribution in [0.3, 0.4) is 0 Å². The molecule has 2 aromatic rings. The van der Waals surface area contributed by atoms with Gasteiger partial charge in [0.05, 0.1) is 20.3 Å². The van der Waals surface area contributed by atoms with E-state index in [-0.39, 0.29) is 29.6 Å². The first-order valence-corrected chi connectivity index (χ1v) is 11.2. The number of methoxy groups -OCH3 is 2. The van der Waals surface area contributed by atoms with Crippen LogP contribution in [-0.2, 0) is 17.6 Å². The quantitative estimate of drug-likeness (QED) is 0.416. The highest BCUT2D eigenvalue weighted by molar-refractivity contribution is 5.81. The summed E-state index contributed by atoms with van der Waals surface area (Å²) in [6, 6.07) is 10.3. The van der Waals surface area contributed by atoms with Crippen molar-refractivity contribution in [2.45, 2.75) is 58.5 Å². The first-order chi connectivity index (χ1) is 15.2. The molecule has 6 heteroatoms. The van der Waals surface area contributed by atoms with Crippen LogP contribution in [0.5, 0.6) is 23.0 Å². The molecule has 0 aliphatic heterocycles. The number of phenols is 2. The Morgan fingerprint density at radius 2 is 1.44 bits per heavy atom. The SMILES string of the molecule is COc1cc(CCC(O)CC(=O)C(CCC(C)C)Cc2ccc(O)c(OC)c2)ccc1O. The molecule has 3 N–H and O–H groups in total. The largest absolute Gasteiger partial charge is 0.504 e. The van der Waals surface area contributed by atoms with Gasteiger partial charge in [0.2, 0.25) is 0 Å². The van der Waals surface area contributed by atoms with E-state index in [0.29, 0.717) is 36.7 Å². The molecule has 32 heavy (non-hydrogen) atoms. The summed E-state index contributed by atoms with van der Waals surface area (Å²) in [5, 5.41) is 30.1. The zero-order valence-electron chi connectivity index (χ0n) is 19.5. The van der Waals surface area contributed by atoms with Crippen molar-refractivity contribution in [2.75, 3.05) is 14.2 Å². The van der Waals surface area contributed by atoms with Crippen LogP contribution in [0, 0.1) is 11.8 Å². The van der Waals surface area contributed by atoms with Gasteiger partial charge in [-0.15, -0.1) is 0 Å². The summed E-state index contributed by atoms with van der Waals surface area (Å²) in [5.41, 5.74) is 1.85. The van der Waals surface area contributed by atoms with Crippen LogP contribution in [0.4, 0.5) is 0 Å². The number of phenolic OH excluding ortho intramolecular Hbond substituents is 2. The average Bonchev–Trinajstić information content (AvgIpc) is 2.76. The van der Waals surface area contributed by atoms with E-state index in [2.05, 4.69) is 13.8 Å². The predicted molar refractivity (Wildman–Crippen MR) is 125 cm³/mol. The first-order valence-electron chi connectivity index (χ1n) is 11.2. The minimum Gasteiger partial charge on any atom is -0.504 e. The summed E-state index contributed by atoms with van der Waals surface area (Å²) in [6.45, 7) is 4.26. The Balaban J connectivity index is 2.00. The van der Waals surface area contributed by atoms with Crippen LogP contribution in [0.1, 0.15) is 50.7 Å². The van der Waals surface area contributed by atoms with Gasteiger partial charge in [-0.3, -0.25) is 4.79 Å². The van der Waals surface area contributed by atoms with Crippen LogP contribution < -0.4 is 9.47 Å². The smallest absolute Gasteiger partial charge is 0.160 e. The molecule has 2 aromatic carbocycles. The molecule has 0 bridgehead atoms. The zero-order chi connectivity index (χ0) is 23.7. The number of hydrogen-bond acceptors (Lipinski definition) is 6. The van der Waals surface area contributed by atoms with E-state index >= 15 is 0 Å². The van der Waals surface area contributed by atoms with E-state index in [0.717, 1.165) is 24.0 Å². The summed E-state index contributed by atoms with van der Waals surface area (Å²) in [6.07, 6.45) is 2.62. The number of carbonyl (C=O) groups excluding carboxylic acids is 1. The number of benzene rings is 2. The first kappa shape index (κ1) is 25.5. The second-order valence-electron chi connectivity index (χ2n) is 8.75. The summed E-state index contributed by atoms with van der Waals surface area (Å²) in [5.74, 6) is 1.26. The number of rotatable bonds is 13. The van der Waals surface area contributed by atoms with Crippen LogP contribution in [0.15, 0.2) is 36.4 Å². The molecule has 0 amide bonds. The molecular weight excluding hydrogens is 408 g/mol. The van der Waals surface area contributed by atoms with E-state index < -0.39 is 6.10 Å². The van der Waals surface area contributed by atoms with Gasteiger partial charge < -0.3 is 24.8 Å². The molecule has 0 saturated heterocycles. The number of ketones is 1. The second-order valence-corrected chi connectivity index (χ2v) is 8.75.